The molecule has 7 nitrogen and oxygen atoms in total. The number of hydrogen-bond donors (Lipinski definition) is 2. The minimum Gasteiger partial charge on any atom is -0.372 e. The van der Waals surface area contributed by atoms with Crippen LogP contribution in [0.3, 0.4) is 0 Å². The van der Waals surface area contributed by atoms with Crippen molar-refractivity contribution in [3.63, 3.8) is 0 Å². The lowest BCUT2D eigenvalue weighted by molar-refractivity contribution is 0.0493. The summed E-state index contributed by atoms with van der Waals surface area (Å²) in [7, 11) is 0. The Morgan fingerprint density at radius 1 is 1.19 bits per heavy atom. The van der Waals surface area contributed by atoms with Crippen LogP contribution in [-0.2, 0) is 4.74 Å². The summed E-state index contributed by atoms with van der Waals surface area (Å²) in [5.41, 5.74) is 2.09. The quantitative estimate of drug-likeness (QED) is 0.828. The fourth-order valence-corrected chi connectivity index (χ4v) is 2.38. The van der Waals surface area contributed by atoms with E-state index in [1.54, 1.807) is 11.0 Å². The van der Waals surface area contributed by atoms with Crippen LogP contribution < -0.4 is 10.6 Å². The largest absolute Gasteiger partial charge is 0.372 e. The van der Waals surface area contributed by atoms with Crippen LogP contribution in [-0.4, -0.2) is 53.0 Å². The van der Waals surface area contributed by atoms with E-state index in [1.807, 2.05) is 12.1 Å². The number of benzene rings is 1. The zero-order valence-corrected chi connectivity index (χ0v) is 11.9. The van der Waals surface area contributed by atoms with E-state index in [2.05, 4.69) is 38.3 Å². The van der Waals surface area contributed by atoms with Gasteiger partial charge in [0.05, 0.1) is 11.8 Å². The Kier molecular flexibility index (Phi) is 4.88. The second kappa shape index (κ2) is 7.26. The predicted molar refractivity (Wildman–Crippen MR) is 78.2 cm³/mol. The normalized spacial score (nSPS) is 21.0. The third kappa shape index (κ3) is 3.84. The van der Waals surface area contributed by atoms with Crippen LogP contribution in [0.4, 0.5) is 0 Å². The van der Waals surface area contributed by atoms with E-state index in [1.165, 1.54) is 0 Å². The molecule has 0 amide bonds. The Morgan fingerprint density at radius 2 is 2.14 bits per heavy atom. The molecule has 0 saturated carbocycles. The van der Waals surface area contributed by atoms with Gasteiger partial charge in [0.25, 0.3) is 0 Å². The Hall–Kier alpha value is -1.83. The average molecular weight is 288 g/mol. The molecule has 1 aliphatic heterocycles. The van der Waals surface area contributed by atoms with Gasteiger partial charge in [-0.1, -0.05) is 12.1 Å². The molecule has 3 rings (SSSR count). The summed E-state index contributed by atoms with van der Waals surface area (Å²) in [4.78, 5) is 0. The number of nitrogens with one attached hydrogen (secondary N) is 2. The molecular formula is C14H20N6O. The Bertz CT molecular complexity index is 534. The molecule has 1 saturated heterocycles. The topological polar surface area (TPSA) is 76.9 Å². The summed E-state index contributed by atoms with van der Waals surface area (Å²) < 4.78 is 7.67. The van der Waals surface area contributed by atoms with Gasteiger partial charge >= 0.3 is 0 Å². The fraction of sp³-hybridized carbons (Fsp3) is 0.500. The van der Waals surface area contributed by atoms with Gasteiger partial charge in [-0.25, -0.2) is 4.68 Å². The number of hydrogen-bond acceptors (Lipinski definition) is 6. The summed E-state index contributed by atoms with van der Waals surface area (Å²) in [6, 6.07) is 8.16. The van der Waals surface area contributed by atoms with Crippen molar-refractivity contribution in [1.29, 1.82) is 0 Å². The number of ether oxygens (including phenoxy) is 1. The van der Waals surface area contributed by atoms with Crippen molar-refractivity contribution < 1.29 is 4.74 Å². The maximum atomic E-state index is 6.01. The molecule has 1 aliphatic rings. The highest BCUT2D eigenvalue weighted by Gasteiger charge is 2.13. The van der Waals surface area contributed by atoms with Crippen molar-refractivity contribution in [2.24, 2.45) is 0 Å². The third-order valence-electron chi connectivity index (χ3n) is 3.48. The van der Waals surface area contributed by atoms with E-state index in [9.17, 15) is 0 Å². The van der Waals surface area contributed by atoms with Crippen LogP contribution in [0.2, 0.25) is 0 Å². The van der Waals surface area contributed by atoms with Gasteiger partial charge in [-0.15, -0.1) is 5.10 Å². The van der Waals surface area contributed by atoms with Crippen molar-refractivity contribution in [1.82, 2.24) is 30.8 Å². The highest BCUT2D eigenvalue weighted by atomic mass is 16.5. The molecule has 112 valence electrons. The molecule has 1 aromatic heterocycles. The number of rotatable bonds is 2. The molecule has 2 aromatic rings. The number of aromatic nitrogens is 4. The zero-order valence-electron chi connectivity index (χ0n) is 11.9. The first-order valence-corrected chi connectivity index (χ1v) is 7.30. The molecule has 21 heavy (non-hydrogen) atoms. The van der Waals surface area contributed by atoms with Gasteiger partial charge in [0.2, 0.25) is 0 Å². The van der Waals surface area contributed by atoms with Crippen LogP contribution in [0.15, 0.2) is 30.6 Å². The van der Waals surface area contributed by atoms with Crippen LogP contribution in [0.25, 0.3) is 5.69 Å². The van der Waals surface area contributed by atoms with Crippen molar-refractivity contribution in [2.45, 2.75) is 12.5 Å². The first-order valence-electron chi connectivity index (χ1n) is 7.30. The highest BCUT2D eigenvalue weighted by Crippen LogP contribution is 2.20. The number of nitrogens with zero attached hydrogens (tertiary/aromatic N) is 4. The van der Waals surface area contributed by atoms with E-state index < -0.39 is 0 Å². The fourth-order valence-electron chi connectivity index (χ4n) is 2.38. The van der Waals surface area contributed by atoms with E-state index in [4.69, 9.17) is 4.74 Å². The standard InChI is InChI=1S/C14H20N6O/c1-3-12(9-13(4-1)20-11-17-18-19-20)14-10-16-7-6-15-5-2-8-21-14/h1,3-4,9,11,14-16H,2,5-8,10H2/t14-/m0/s1. The van der Waals surface area contributed by atoms with Crippen LogP contribution in [0.5, 0.6) is 0 Å². The maximum Gasteiger partial charge on any atom is 0.143 e. The molecule has 0 radical (unpaired) electrons. The van der Waals surface area contributed by atoms with Gasteiger partial charge in [0.15, 0.2) is 0 Å². The summed E-state index contributed by atoms with van der Waals surface area (Å²) in [5.74, 6) is 0. The molecule has 1 aromatic carbocycles. The van der Waals surface area contributed by atoms with Gasteiger partial charge in [-0.05, 0) is 41.1 Å². The molecule has 0 aliphatic carbocycles. The average Bonchev–Trinajstić information content (AvgIpc) is 3.07. The van der Waals surface area contributed by atoms with Gasteiger partial charge in [-0.2, -0.15) is 0 Å². The Morgan fingerprint density at radius 3 is 3.05 bits per heavy atom. The highest BCUT2D eigenvalue weighted by molar-refractivity contribution is 5.35. The molecule has 7 heteroatoms. The molecule has 0 bridgehead atoms. The SMILES string of the molecule is c1cc([C@@H]2CNCCNCCCO2)cc(-n2cnnn2)c1. The monoisotopic (exact) mass is 288 g/mol. The second-order valence-electron chi connectivity index (χ2n) is 5.02. The summed E-state index contributed by atoms with van der Waals surface area (Å²) >= 11 is 0. The molecule has 2 N–H and O–H groups in total. The third-order valence-corrected chi connectivity index (χ3v) is 3.48. The van der Waals surface area contributed by atoms with Crippen LogP contribution in [0.1, 0.15) is 18.1 Å². The van der Waals surface area contributed by atoms with Gasteiger partial charge in [-0.3, -0.25) is 0 Å². The van der Waals surface area contributed by atoms with E-state index >= 15 is 0 Å². The minimum atomic E-state index is 0.0551. The second-order valence-corrected chi connectivity index (χ2v) is 5.02. The van der Waals surface area contributed by atoms with E-state index in [-0.39, 0.29) is 6.10 Å². The first-order chi connectivity index (χ1) is 10.4. The van der Waals surface area contributed by atoms with Gasteiger partial charge in [0.1, 0.15) is 6.33 Å². The minimum absolute atomic E-state index is 0.0551. The lowest BCUT2D eigenvalue weighted by Crippen LogP contribution is -2.33. The number of tetrazole rings is 1. The Balaban J connectivity index is 1.75. The summed E-state index contributed by atoms with van der Waals surface area (Å²) in [6.07, 6.45) is 2.68. The van der Waals surface area contributed by atoms with Crippen molar-refractivity contribution in [2.75, 3.05) is 32.8 Å². The Labute approximate surface area is 123 Å². The van der Waals surface area contributed by atoms with Gasteiger partial charge < -0.3 is 15.4 Å². The van der Waals surface area contributed by atoms with Crippen molar-refractivity contribution in [3.8, 4) is 5.69 Å². The zero-order chi connectivity index (χ0) is 14.3. The smallest absolute Gasteiger partial charge is 0.143 e. The lowest BCUT2D eigenvalue weighted by atomic mass is 10.1. The molecule has 2 heterocycles. The molecule has 0 unspecified atom stereocenters. The molecule has 0 spiro atoms. The maximum absolute atomic E-state index is 6.01. The van der Waals surface area contributed by atoms with Gasteiger partial charge in [0, 0.05) is 26.2 Å². The van der Waals surface area contributed by atoms with Crippen molar-refractivity contribution >= 4 is 0 Å². The van der Waals surface area contributed by atoms with E-state index in [0.717, 1.165) is 50.5 Å². The van der Waals surface area contributed by atoms with Crippen LogP contribution in [0, 0.1) is 0 Å². The molecule has 1 atom stereocenters. The summed E-state index contributed by atoms with van der Waals surface area (Å²) in [6.45, 7) is 4.51. The van der Waals surface area contributed by atoms with Crippen molar-refractivity contribution in [3.05, 3.63) is 36.2 Å². The summed E-state index contributed by atoms with van der Waals surface area (Å²) in [5, 5.41) is 18.1. The lowest BCUT2D eigenvalue weighted by Gasteiger charge is -2.21. The van der Waals surface area contributed by atoms with Crippen LogP contribution >= 0.6 is 0 Å². The first kappa shape index (κ1) is 14.1. The van der Waals surface area contributed by atoms with E-state index in [0.29, 0.717) is 0 Å². The molecular weight excluding hydrogens is 268 g/mol. The molecule has 1 fully saturated rings. The predicted octanol–water partition coefficient (Wildman–Crippen LogP) is 0.303.